The minimum absolute atomic E-state index is 0.0115. The molecule has 4 rings (SSSR count). The lowest BCUT2D eigenvalue weighted by Crippen LogP contribution is -2.26. The van der Waals surface area contributed by atoms with Crippen LogP contribution in [0.4, 0.5) is 18.3 Å². The number of nitrogens with one attached hydrogen (secondary N) is 1. The topological polar surface area (TPSA) is 92.3 Å². The number of thiazole rings is 1. The molecule has 0 saturated carbocycles. The number of nitrogens with zero attached hydrogens (tertiary/aromatic N) is 3. The van der Waals surface area contributed by atoms with Crippen molar-refractivity contribution in [3.8, 4) is 0 Å². The number of carbonyl (C=O) groups excluding carboxylic acids is 1. The van der Waals surface area contributed by atoms with Gasteiger partial charge in [-0.25, -0.2) is 13.4 Å². The first kappa shape index (κ1) is 27.2. The zero-order chi connectivity index (χ0) is 27.0. The highest BCUT2D eigenvalue weighted by molar-refractivity contribution is 7.91. The number of alkyl halides is 3. The fourth-order valence-corrected chi connectivity index (χ4v) is 6.29. The molecule has 0 radical (unpaired) electrons. The first-order valence-corrected chi connectivity index (χ1v) is 14.2. The zero-order valence-corrected chi connectivity index (χ0v) is 22.2. The monoisotopic (exact) mass is 552 g/mol. The van der Waals surface area contributed by atoms with Gasteiger partial charge in [-0.3, -0.25) is 14.7 Å². The Morgan fingerprint density at radius 3 is 2.41 bits per heavy atom. The molecule has 1 atom stereocenters. The number of carbonyl (C=O) groups is 1. The second-order valence-electron chi connectivity index (χ2n) is 9.24. The fraction of sp³-hybridized carbons (Fsp3) is 0.400. The summed E-state index contributed by atoms with van der Waals surface area (Å²) < 4.78 is 62.4. The van der Waals surface area contributed by atoms with E-state index in [9.17, 15) is 26.4 Å². The van der Waals surface area contributed by atoms with E-state index in [1.807, 2.05) is 0 Å². The molecular weight excluding hydrogens is 525 g/mol. The van der Waals surface area contributed by atoms with Gasteiger partial charge in [0.25, 0.3) is 0 Å². The van der Waals surface area contributed by atoms with Crippen LogP contribution < -0.4 is 5.32 Å². The van der Waals surface area contributed by atoms with E-state index in [1.54, 1.807) is 19.1 Å². The Hall–Kier alpha value is -2.83. The van der Waals surface area contributed by atoms with Crippen LogP contribution in [0.25, 0.3) is 0 Å². The third-order valence-electron chi connectivity index (χ3n) is 6.15. The predicted octanol–water partition coefficient (Wildman–Crippen LogP) is 5.24. The van der Waals surface area contributed by atoms with Crippen LogP contribution in [-0.4, -0.2) is 34.9 Å². The van der Waals surface area contributed by atoms with Gasteiger partial charge in [0.1, 0.15) is 5.69 Å². The van der Waals surface area contributed by atoms with Gasteiger partial charge >= 0.3 is 6.18 Å². The number of aromatic nitrogens is 2. The number of anilines is 1. The summed E-state index contributed by atoms with van der Waals surface area (Å²) in [5.74, 6) is -0.0584. The van der Waals surface area contributed by atoms with Crippen molar-refractivity contribution >= 4 is 32.2 Å². The lowest BCUT2D eigenvalue weighted by atomic mass is 10.0. The van der Waals surface area contributed by atoms with E-state index in [1.165, 1.54) is 35.7 Å². The number of hydrogen-bond donors (Lipinski definition) is 1. The number of halogens is 3. The Labute approximate surface area is 217 Å². The second-order valence-corrected chi connectivity index (χ2v) is 12.6. The van der Waals surface area contributed by atoms with Gasteiger partial charge in [-0.15, -0.1) is 11.3 Å². The number of hydrogen-bond acceptors (Lipinski definition) is 7. The summed E-state index contributed by atoms with van der Waals surface area (Å²) in [5.41, 5.74) is 1.32. The Morgan fingerprint density at radius 1 is 1.16 bits per heavy atom. The normalized spacial score (nSPS) is 16.2. The van der Waals surface area contributed by atoms with Crippen molar-refractivity contribution in [2.24, 2.45) is 5.92 Å². The molecule has 0 saturated heterocycles. The molecule has 3 heterocycles. The Morgan fingerprint density at radius 2 is 1.84 bits per heavy atom. The van der Waals surface area contributed by atoms with E-state index in [0.29, 0.717) is 29.3 Å². The van der Waals surface area contributed by atoms with Crippen LogP contribution in [0.3, 0.4) is 0 Å². The first-order valence-electron chi connectivity index (χ1n) is 11.7. The van der Waals surface area contributed by atoms with Crippen LogP contribution in [0.5, 0.6) is 0 Å². The molecule has 1 amide bonds. The molecule has 0 aliphatic carbocycles. The second kappa shape index (κ2) is 10.5. The SMILES string of the molecule is CCS(=O)(=O)c1ccc(CC(=O)Nc2nc3c(s2)CN(Cc2ccc(C(F)(F)F)nc2)[C@H]3C(C)C)cc1. The summed E-state index contributed by atoms with van der Waals surface area (Å²) in [4.78, 5) is 24.2. The van der Waals surface area contributed by atoms with E-state index in [-0.39, 0.29) is 34.9 Å². The molecule has 12 heteroatoms. The van der Waals surface area contributed by atoms with Gasteiger partial charge in [0.15, 0.2) is 15.0 Å². The number of sulfone groups is 1. The molecule has 0 unspecified atom stereocenters. The minimum atomic E-state index is -4.47. The van der Waals surface area contributed by atoms with Gasteiger partial charge in [-0.2, -0.15) is 13.2 Å². The van der Waals surface area contributed by atoms with E-state index >= 15 is 0 Å². The van der Waals surface area contributed by atoms with Crippen molar-refractivity contribution in [1.82, 2.24) is 14.9 Å². The molecule has 7 nitrogen and oxygen atoms in total. The van der Waals surface area contributed by atoms with Crippen molar-refractivity contribution in [1.29, 1.82) is 0 Å². The Balaban J connectivity index is 1.41. The summed E-state index contributed by atoms with van der Waals surface area (Å²) in [6.45, 7) is 6.69. The fourth-order valence-electron chi connectivity index (χ4n) is 4.36. The molecule has 198 valence electrons. The maximum absolute atomic E-state index is 12.8. The van der Waals surface area contributed by atoms with Crippen molar-refractivity contribution < 1.29 is 26.4 Å². The lowest BCUT2D eigenvalue weighted by Gasteiger charge is -2.27. The first-order chi connectivity index (χ1) is 17.4. The standard InChI is InChI=1S/C25H27F3N4O3S2/c1-4-37(34,35)18-8-5-16(6-9-18)11-21(33)30-24-31-22-19(36-24)14-32(23(22)15(2)3)13-17-7-10-20(29-12-17)25(26,27)28/h5-10,12,15,23H,4,11,13-14H2,1-3H3,(H,30,31,33)/t23-/m0/s1. The van der Waals surface area contributed by atoms with E-state index < -0.39 is 21.7 Å². The molecule has 1 aromatic carbocycles. The molecule has 3 aromatic rings. The lowest BCUT2D eigenvalue weighted by molar-refractivity contribution is -0.141. The number of benzene rings is 1. The van der Waals surface area contributed by atoms with Crippen LogP contribution in [0.2, 0.25) is 0 Å². The van der Waals surface area contributed by atoms with Crippen molar-refractivity contribution in [2.45, 2.75) is 57.4 Å². The van der Waals surface area contributed by atoms with Crippen LogP contribution >= 0.6 is 11.3 Å². The summed E-state index contributed by atoms with van der Waals surface area (Å²) in [5, 5.41) is 3.32. The Kier molecular flexibility index (Phi) is 7.72. The summed E-state index contributed by atoms with van der Waals surface area (Å²) in [6, 6.07) is 8.67. The predicted molar refractivity (Wildman–Crippen MR) is 135 cm³/mol. The molecule has 37 heavy (non-hydrogen) atoms. The quantitative estimate of drug-likeness (QED) is 0.411. The number of rotatable bonds is 8. The van der Waals surface area contributed by atoms with Crippen molar-refractivity contribution in [3.05, 3.63) is 70.0 Å². The van der Waals surface area contributed by atoms with Gasteiger partial charge < -0.3 is 5.32 Å². The highest BCUT2D eigenvalue weighted by atomic mass is 32.2. The molecule has 0 spiro atoms. The zero-order valence-electron chi connectivity index (χ0n) is 20.5. The van der Waals surface area contributed by atoms with Gasteiger partial charge in [0.2, 0.25) is 5.91 Å². The van der Waals surface area contributed by atoms with Gasteiger partial charge in [-0.05, 0) is 35.2 Å². The summed E-state index contributed by atoms with van der Waals surface area (Å²) >= 11 is 1.38. The van der Waals surface area contributed by atoms with Gasteiger partial charge in [0, 0.05) is 24.2 Å². The molecule has 1 aliphatic rings. The molecule has 1 aliphatic heterocycles. The van der Waals surface area contributed by atoms with Crippen molar-refractivity contribution in [3.63, 3.8) is 0 Å². The third-order valence-corrected chi connectivity index (χ3v) is 8.88. The largest absolute Gasteiger partial charge is 0.433 e. The van der Waals surface area contributed by atoms with Gasteiger partial charge in [-0.1, -0.05) is 39.0 Å². The summed E-state index contributed by atoms with van der Waals surface area (Å²) in [6.07, 6.45) is -3.13. The van der Waals surface area contributed by atoms with Crippen LogP contribution in [-0.2, 0) is 40.3 Å². The third kappa shape index (κ3) is 6.19. The molecular formula is C25H27F3N4O3S2. The maximum Gasteiger partial charge on any atom is 0.433 e. The maximum atomic E-state index is 12.8. The van der Waals surface area contributed by atoms with E-state index in [4.69, 9.17) is 0 Å². The molecule has 1 N–H and O–H groups in total. The van der Waals surface area contributed by atoms with Crippen LogP contribution in [0, 0.1) is 5.92 Å². The average molecular weight is 553 g/mol. The highest BCUT2D eigenvalue weighted by Crippen LogP contribution is 2.43. The number of pyridine rings is 1. The van der Waals surface area contributed by atoms with E-state index in [2.05, 4.69) is 34.0 Å². The smallest absolute Gasteiger partial charge is 0.302 e. The van der Waals surface area contributed by atoms with Crippen LogP contribution in [0.15, 0.2) is 47.5 Å². The van der Waals surface area contributed by atoms with Crippen molar-refractivity contribution in [2.75, 3.05) is 11.1 Å². The molecule has 0 fully saturated rings. The van der Waals surface area contributed by atoms with Gasteiger partial charge in [0.05, 0.1) is 28.8 Å². The Bertz CT molecular complexity index is 1370. The number of amides is 1. The molecule has 0 bridgehead atoms. The molecule has 2 aromatic heterocycles. The van der Waals surface area contributed by atoms with Crippen LogP contribution in [0.1, 0.15) is 54.2 Å². The highest BCUT2D eigenvalue weighted by Gasteiger charge is 2.37. The average Bonchev–Trinajstić information content (AvgIpc) is 3.35. The summed E-state index contributed by atoms with van der Waals surface area (Å²) in [7, 11) is -3.30. The number of fused-ring (bicyclic) bond motifs is 1. The van der Waals surface area contributed by atoms with E-state index in [0.717, 1.165) is 16.6 Å². The minimum Gasteiger partial charge on any atom is -0.302 e.